The molecule has 0 radical (unpaired) electrons. The molecule has 0 aliphatic heterocycles. The van der Waals surface area contributed by atoms with Crippen molar-refractivity contribution in [3.05, 3.63) is 29.3 Å². The van der Waals surface area contributed by atoms with Crippen molar-refractivity contribution >= 4 is 17.5 Å². The van der Waals surface area contributed by atoms with Crippen molar-refractivity contribution < 1.29 is 4.79 Å². The zero-order valence-electron chi connectivity index (χ0n) is 8.76. The number of carbonyl (C=O) groups excluding carboxylic acids is 1. The van der Waals surface area contributed by atoms with Gasteiger partial charge < -0.3 is 5.32 Å². The van der Waals surface area contributed by atoms with E-state index in [4.69, 9.17) is 0 Å². The Morgan fingerprint density at radius 2 is 2.21 bits per heavy atom. The number of rotatable bonds is 4. The van der Waals surface area contributed by atoms with E-state index in [1.165, 1.54) is 4.90 Å². The summed E-state index contributed by atoms with van der Waals surface area (Å²) in [5.74, 6) is 0.151. The molecule has 0 unspecified atom stereocenters. The molecule has 0 heterocycles. The van der Waals surface area contributed by atoms with E-state index in [-0.39, 0.29) is 5.78 Å². The lowest BCUT2D eigenvalue weighted by molar-refractivity contribution is 0.0993. The van der Waals surface area contributed by atoms with Crippen LogP contribution in [0, 0.1) is 6.92 Å². The Bertz CT molecular complexity index is 336. The van der Waals surface area contributed by atoms with Crippen LogP contribution < -0.4 is 5.32 Å². The first-order valence-corrected chi connectivity index (χ1v) is 5.74. The van der Waals surface area contributed by atoms with Gasteiger partial charge >= 0.3 is 0 Å². The van der Waals surface area contributed by atoms with Gasteiger partial charge in [0, 0.05) is 10.5 Å². The largest absolute Gasteiger partial charge is 0.313 e. The fourth-order valence-corrected chi connectivity index (χ4v) is 1.83. The van der Waals surface area contributed by atoms with Crippen molar-refractivity contribution in [2.24, 2.45) is 0 Å². The predicted molar refractivity (Wildman–Crippen MR) is 61.2 cm³/mol. The van der Waals surface area contributed by atoms with Crippen molar-refractivity contribution in [3.63, 3.8) is 0 Å². The van der Waals surface area contributed by atoms with Crippen LogP contribution in [0.4, 0.5) is 0 Å². The van der Waals surface area contributed by atoms with E-state index < -0.39 is 0 Å². The maximum Gasteiger partial charge on any atom is 0.176 e. The minimum atomic E-state index is 0.151. The third-order valence-corrected chi connectivity index (χ3v) is 2.80. The fourth-order valence-electron chi connectivity index (χ4n) is 1.33. The number of hydrogen-bond acceptors (Lipinski definition) is 3. The van der Waals surface area contributed by atoms with Crippen molar-refractivity contribution in [1.82, 2.24) is 5.32 Å². The summed E-state index contributed by atoms with van der Waals surface area (Å²) in [5.41, 5.74) is 1.87. The van der Waals surface area contributed by atoms with E-state index in [0.29, 0.717) is 6.54 Å². The number of benzene rings is 1. The lowest BCUT2D eigenvalue weighted by atomic mass is 10.1. The van der Waals surface area contributed by atoms with Gasteiger partial charge in [-0.1, -0.05) is 0 Å². The molecule has 0 amide bonds. The van der Waals surface area contributed by atoms with Crippen LogP contribution in [0.25, 0.3) is 0 Å². The molecule has 0 aliphatic rings. The molecular weight excluding hydrogens is 194 g/mol. The van der Waals surface area contributed by atoms with Crippen LogP contribution >= 0.6 is 11.8 Å². The summed E-state index contributed by atoms with van der Waals surface area (Å²) in [4.78, 5) is 12.8. The first-order chi connectivity index (χ1) is 6.69. The smallest absolute Gasteiger partial charge is 0.176 e. The average Bonchev–Trinajstić information content (AvgIpc) is 2.17. The van der Waals surface area contributed by atoms with Gasteiger partial charge in [0.1, 0.15) is 0 Å². The maximum absolute atomic E-state index is 11.6. The minimum Gasteiger partial charge on any atom is -0.313 e. The molecule has 0 spiro atoms. The molecule has 76 valence electrons. The molecule has 1 aromatic carbocycles. The Hall–Kier alpha value is -0.800. The van der Waals surface area contributed by atoms with Crippen molar-refractivity contribution in [3.8, 4) is 0 Å². The molecular formula is C11H15NOS. The average molecular weight is 209 g/mol. The molecule has 1 rings (SSSR count). The monoisotopic (exact) mass is 209 g/mol. The first-order valence-electron chi connectivity index (χ1n) is 4.51. The Morgan fingerprint density at radius 1 is 1.50 bits per heavy atom. The number of hydrogen-bond donors (Lipinski definition) is 1. The quantitative estimate of drug-likeness (QED) is 0.608. The van der Waals surface area contributed by atoms with E-state index >= 15 is 0 Å². The second kappa shape index (κ2) is 5.17. The maximum atomic E-state index is 11.6. The Morgan fingerprint density at radius 3 is 2.71 bits per heavy atom. The van der Waals surface area contributed by atoms with Crippen molar-refractivity contribution in [1.29, 1.82) is 0 Å². The SMILES string of the molecule is CNCC(=O)c1ccc(SC)cc1C. The van der Waals surface area contributed by atoms with Gasteiger partial charge in [0.15, 0.2) is 5.78 Å². The molecule has 0 saturated carbocycles. The summed E-state index contributed by atoms with van der Waals surface area (Å²) >= 11 is 1.69. The van der Waals surface area contributed by atoms with E-state index in [1.54, 1.807) is 18.8 Å². The molecule has 0 aromatic heterocycles. The van der Waals surface area contributed by atoms with Crippen LogP contribution in [0.3, 0.4) is 0 Å². The number of Topliss-reactive ketones (excluding diaryl/α,β-unsaturated/α-hetero) is 1. The highest BCUT2D eigenvalue weighted by Gasteiger charge is 2.07. The highest BCUT2D eigenvalue weighted by molar-refractivity contribution is 7.98. The second-order valence-electron chi connectivity index (χ2n) is 3.13. The number of ketones is 1. The van der Waals surface area contributed by atoms with E-state index in [9.17, 15) is 4.79 Å². The summed E-state index contributed by atoms with van der Waals surface area (Å²) in [6.45, 7) is 2.38. The molecule has 14 heavy (non-hydrogen) atoms. The molecule has 0 saturated heterocycles. The van der Waals surface area contributed by atoms with Crippen LogP contribution in [-0.2, 0) is 0 Å². The van der Waals surface area contributed by atoms with Gasteiger partial charge in [-0.2, -0.15) is 0 Å². The lowest BCUT2D eigenvalue weighted by Crippen LogP contribution is -2.19. The van der Waals surface area contributed by atoms with Gasteiger partial charge in [-0.15, -0.1) is 11.8 Å². The van der Waals surface area contributed by atoms with Crippen LogP contribution in [0.1, 0.15) is 15.9 Å². The third-order valence-electron chi connectivity index (χ3n) is 2.07. The van der Waals surface area contributed by atoms with Crippen LogP contribution in [0.2, 0.25) is 0 Å². The van der Waals surface area contributed by atoms with Gasteiger partial charge in [-0.05, 0) is 44.0 Å². The van der Waals surface area contributed by atoms with E-state index in [0.717, 1.165) is 11.1 Å². The number of aryl methyl sites for hydroxylation is 1. The number of thioether (sulfide) groups is 1. The summed E-state index contributed by atoms with van der Waals surface area (Å²) < 4.78 is 0. The van der Waals surface area contributed by atoms with E-state index in [1.807, 2.05) is 31.4 Å². The molecule has 2 nitrogen and oxygen atoms in total. The van der Waals surface area contributed by atoms with Gasteiger partial charge in [0.2, 0.25) is 0 Å². The third kappa shape index (κ3) is 2.59. The first kappa shape index (κ1) is 11.3. The summed E-state index contributed by atoms with van der Waals surface area (Å²) in [5, 5.41) is 2.87. The summed E-state index contributed by atoms with van der Waals surface area (Å²) in [6.07, 6.45) is 2.03. The highest BCUT2D eigenvalue weighted by atomic mass is 32.2. The predicted octanol–water partition coefficient (Wildman–Crippen LogP) is 2.12. The number of likely N-dealkylation sites (N-methyl/N-ethyl adjacent to an activating group) is 1. The zero-order valence-corrected chi connectivity index (χ0v) is 9.57. The second-order valence-corrected chi connectivity index (χ2v) is 4.01. The fraction of sp³-hybridized carbons (Fsp3) is 0.364. The van der Waals surface area contributed by atoms with Crippen LogP contribution in [-0.4, -0.2) is 25.6 Å². The van der Waals surface area contributed by atoms with Gasteiger partial charge in [-0.25, -0.2) is 0 Å². The van der Waals surface area contributed by atoms with Crippen molar-refractivity contribution in [2.45, 2.75) is 11.8 Å². The molecule has 0 bridgehead atoms. The van der Waals surface area contributed by atoms with Crippen LogP contribution in [0.15, 0.2) is 23.1 Å². The molecule has 3 heteroatoms. The highest BCUT2D eigenvalue weighted by Crippen LogP contribution is 2.18. The number of nitrogens with one attached hydrogen (secondary N) is 1. The lowest BCUT2D eigenvalue weighted by Gasteiger charge is -2.05. The molecule has 1 N–H and O–H groups in total. The molecule has 0 atom stereocenters. The van der Waals surface area contributed by atoms with E-state index in [2.05, 4.69) is 5.32 Å². The molecule has 0 fully saturated rings. The molecule has 0 aliphatic carbocycles. The summed E-state index contributed by atoms with van der Waals surface area (Å²) in [7, 11) is 1.78. The molecule has 1 aromatic rings. The summed E-state index contributed by atoms with van der Waals surface area (Å²) in [6, 6.07) is 5.94. The van der Waals surface area contributed by atoms with Gasteiger partial charge in [0.05, 0.1) is 6.54 Å². The van der Waals surface area contributed by atoms with Gasteiger partial charge in [0.25, 0.3) is 0 Å². The topological polar surface area (TPSA) is 29.1 Å². The normalized spacial score (nSPS) is 10.2. The Kier molecular flexibility index (Phi) is 4.17. The number of carbonyl (C=O) groups is 1. The minimum absolute atomic E-state index is 0.151. The Labute approximate surface area is 89.1 Å². The zero-order chi connectivity index (χ0) is 10.6. The van der Waals surface area contributed by atoms with Crippen molar-refractivity contribution in [2.75, 3.05) is 19.8 Å². The van der Waals surface area contributed by atoms with Crippen LogP contribution in [0.5, 0.6) is 0 Å². The Balaban J connectivity index is 2.94. The van der Waals surface area contributed by atoms with Gasteiger partial charge in [-0.3, -0.25) is 4.79 Å². The standard InChI is InChI=1S/C11H15NOS/c1-8-6-9(14-3)4-5-10(8)11(13)7-12-2/h4-6,12H,7H2,1-3H3.